The third-order valence-corrected chi connectivity index (χ3v) is 8.78. The number of rotatable bonds is 13. The van der Waals surface area contributed by atoms with Gasteiger partial charge in [-0.3, -0.25) is 19.5 Å². The summed E-state index contributed by atoms with van der Waals surface area (Å²) in [5, 5.41) is 14.6. The van der Waals surface area contributed by atoms with Gasteiger partial charge in [-0.15, -0.1) is 0 Å². The van der Waals surface area contributed by atoms with Crippen LogP contribution < -0.4 is 14.8 Å². The van der Waals surface area contributed by atoms with Crippen LogP contribution in [0, 0.1) is 0 Å². The number of piperidine rings is 1. The van der Waals surface area contributed by atoms with Gasteiger partial charge in [0.2, 0.25) is 5.91 Å². The molecule has 5 rings (SSSR count). The summed E-state index contributed by atoms with van der Waals surface area (Å²) in [6.45, 7) is 4.02. The summed E-state index contributed by atoms with van der Waals surface area (Å²) in [6, 6.07) is 14.7. The van der Waals surface area contributed by atoms with Crippen LogP contribution in [0.3, 0.4) is 0 Å². The maximum absolute atomic E-state index is 13.1. The van der Waals surface area contributed by atoms with Gasteiger partial charge < -0.3 is 24.8 Å². The second kappa shape index (κ2) is 14.6. The van der Waals surface area contributed by atoms with Crippen LogP contribution in [0.25, 0.3) is 0 Å². The molecule has 0 bridgehead atoms. The Morgan fingerprint density at radius 3 is 2.45 bits per heavy atom. The van der Waals surface area contributed by atoms with E-state index >= 15 is 0 Å². The van der Waals surface area contributed by atoms with Crippen molar-refractivity contribution in [2.24, 2.45) is 0 Å². The molecule has 0 saturated carbocycles. The molecule has 1 atom stereocenters. The highest BCUT2D eigenvalue weighted by Gasteiger charge is 2.29. The van der Waals surface area contributed by atoms with Crippen LogP contribution in [0.5, 0.6) is 11.5 Å². The molecule has 3 aromatic rings. The molecular formula is C34H43N5O5. The minimum atomic E-state index is -0.701. The van der Waals surface area contributed by atoms with Crippen molar-refractivity contribution in [1.82, 2.24) is 19.8 Å². The number of aliphatic hydroxyl groups excluding tert-OH is 1. The summed E-state index contributed by atoms with van der Waals surface area (Å²) in [7, 11) is 3.28. The fourth-order valence-electron chi connectivity index (χ4n) is 6.24. The summed E-state index contributed by atoms with van der Waals surface area (Å²) >= 11 is 0. The standard InChI is InChI=1S/C34H43N5O5/c1-23(40)38-14-12-27(13-15-38)36-34-20-35-19-31(37-34)32(42)11-9-29(41)22-39(28-16-24-6-4-5-7-25(24)17-28)21-26-8-10-30(43-2)18-33(26)44-3/h4-8,10,18-20,27-29,41H,9,11-17,21-22H2,1-3H3,(H,36,37). The molecule has 2 N–H and O–H groups in total. The van der Waals surface area contributed by atoms with Crippen LogP contribution in [-0.2, 0) is 24.2 Å². The number of anilines is 1. The molecule has 2 aliphatic rings. The second-order valence-electron chi connectivity index (χ2n) is 11.8. The van der Waals surface area contributed by atoms with E-state index in [1.807, 2.05) is 23.1 Å². The van der Waals surface area contributed by atoms with Gasteiger partial charge >= 0.3 is 0 Å². The van der Waals surface area contributed by atoms with Gasteiger partial charge in [-0.25, -0.2) is 4.98 Å². The average molecular weight is 602 g/mol. The quantitative estimate of drug-likeness (QED) is 0.281. The predicted molar refractivity (Wildman–Crippen MR) is 168 cm³/mol. The lowest BCUT2D eigenvalue weighted by atomic mass is 10.0. The largest absolute Gasteiger partial charge is 0.497 e. The van der Waals surface area contributed by atoms with Gasteiger partial charge in [0.05, 0.1) is 32.7 Å². The van der Waals surface area contributed by atoms with Crippen molar-refractivity contribution in [3.05, 3.63) is 77.2 Å². The second-order valence-corrected chi connectivity index (χ2v) is 11.8. The number of amides is 1. The first kappa shape index (κ1) is 31.4. The number of carbonyl (C=O) groups excluding carboxylic acids is 2. The zero-order valence-electron chi connectivity index (χ0n) is 25.9. The summed E-state index contributed by atoms with van der Waals surface area (Å²) < 4.78 is 11.0. The molecule has 1 unspecified atom stereocenters. The van der Waals surface area contributed by atoms with Crippen LogP contribution in [0.15, 0.2) is 54.9 Å². The number of nitrogens with one attached hydrogen (secondary N) is 1. The molecule has 2 heterocycles. The molecule has 1 amide bonds. The van der Waals surface area contributed by atoms with Crippen molar-refractivity contribution in [3.63, 3.8) is 0 Å². The zero-order valence-corrected chi connectivity index (χ0v) is 25.9. The number of fused-ring (bicyclic) bond motifs is 1. The Balaban J connectivity index is 1.20. The van der Waals surface area contributed by atoms with Gasteiger partial charge in [-0.05, 0) is 49.3 Å². The third-order valence-electron chi connectivity index (χ3n) is 8.78. The summed E-state index contributed by atoms with van der Waals surface area (Å²) in [6.07, 6.45) is 6.33. The molecule has 1 saturated heterocycles. The van der Waals surface area contributed by atoms with Crippen molar-refractivity contribution in [1.29, 1.82) is 0 Å². The maximum atomic E-state index is 13.1. The van der Waals surface area contributed by atoms with Gasteiger partial charge in [0.25, 0.3) is 0 Å². The molecule has 10 heteroatoms. The molecule has 0 spiro atoms. The van der Waals surface area contributed by atoms with E-state index in [0.717, 1.165) is 42.7 Å². The highest BCUT2D eigenvalue weighted by atomic mass is 16.5. The Labute approximate surface area is 259 Å². The Kier molecular flexibility index (Phi) is 10.4. The molecule has 44 heavy (non-hydrogen) atoms. The minimum Gasteiger partial charge on any atom is -0.497 e. The number of ether oxygens (including phenoxy) is 2. The van der Waals surface area contributed by atoms with E-state index in [0.29, 0.717) is 38.4 Å². The van der Waals surface area contributed by atoms with Gasteiger partial charge in [0, 0.05) is 63.2 Å². The van der Waals surface area contributed by atoms with E-state index in [-0.39, 0.29) is 35.9 Å². The molecule has 1 fully saturated rings. The average Bonchev–Trinajstić information content (AvgIpc) is 3.48. The van der Waals surface area contributed by atoms with Crippen molar-refractivity contribution >= 4 is 17.5 Å². The van der Waals surface area contributed by atoms with E-state index in [9.17, 15) is 14.7 Å². The van der Waals surface area contributed by atoms with Gasteiger partial charge in [0.1, 0.15) is 23.0 Å². The maximum Gasteiger partial charge on any atom is 0.219 e. The number of benzene rings is 2. The van der Waals surface area contributed by atoms with Gasteiger partial charge in [0.15, 0.2) is 5.78 Å². The number of hydrogen-bond acceptors (Lipinski definition) is 9. The highest BCUT2D eigenvalue weighted by molar-refractivity contribution is 5.94. The summed E-state index contributed by atoms with van der Waals surface area (Å²) in [5.41, 5.74) is 3.98. The molecule has 234 valence electrons. The molecular weight excluding hydrogens is 558 g/mol. The van der Waals surface area contributed by atoms with Crippen LogP contribution in [0.1, 0.15) is 59.8 Å². The lowest BCUT2D eigenvalue weighted by molar-refractivity contribution is -0.129. The molecule has 10 nitrogen and oxygen atoms in total. The summed E-state index contributed by atoms with van der Waals surface area (Å²) in [4.78, 5) is 37.6. The van der Waals surface area contributed by atoms with Crippen LogP contribution >= 0.6 is 0 Å². The number of methoxy groups -OCH3 is 2. The molecule has 0 radical (unpaired) electrons. The smallest absolute Gasteiger partial charge is 0.219 e. The van der Waals surface area contributed by atoms with Gasteiger partial charge in [-0.2, -0.15) is 0 Å². The Morgan fingerprint density at radius 1 is 1.07 bits per heavy atom. The Bertz CT molecular complexity index is 1420. The number of likely N-dealkylation sites (tertiary alicyclic amines) is 1. The number of ketones is 1. The summed E-state index contributed by atoms with van der Waals surface area (Å²) in [5.74, 6) is 1.96. The lowest BCUT2D eigenvalue weighted by Gasteiger charge is -2.32. The Morgan fingerprint density at radius 2 is 1.80 bits per heavy atom. The number of hydrogen-bond donors (Lipinski definition) is 2. The first-order valence-corrected chi connectivity index (χ1v) is 15.4. The Hall–Kier alpha value is -4.02. The first-order valence-electron chi connectivity index (χ1n) is 15.4. The van der Waals surface area contributed by atoms with E-state index in [4.69, 9.17) is 9.47 Å². The SMILES string of the molecule is COc1ccc(CN(CC(O)CCC(=O)c2cncc(NC3CCN(C(C)=O)CC3)n2)C2Cc3ccccc3C2)c(OC)c1. The number of nitrogens with zero attached hydrogens (tertiary/aromatic N) is 4. The van der Waals surface area contributed by atoms with Gasteiger partial charge in [-0.1, -0.05) is 30.3 Å². The zero-order chi connectivity index (χ0) is 31.1. The number of Topliss-reactive ketones (excluding diaryl/α,β-unsaturated/α-hetero) is 1. The molecule has 1 aliphatic heterocycles. The monoisotopic (exact) mass is 601 g/mol. The van der Waals surface area contributed by atoms with Crippen molar-refractivity contribution in [2.75, 3.05) is 39.2 Å². The van der Waals surface area contributed by atoms with E-state index in [1.54, 1.807) is 27.3 Å². The normalized spacial score (nSPS) is 16.1. The molecule has 2 aromatic carbocycles. The topological polar surface area (TPSA) is 117 Å². The fourth-order valence-corrected chi connectivity index (χ4v) is 6.24. The number of carbonyl (C=O) groups is 2. The number of aliphatic hydroxyl groups is 1. The van der Waals surface area contributed by atoms with Crippen LogP contribution in [-0.4, -0.2) is 88.6 Å². The van der Waals surface area contributed by atoms with E-state index in [2.05, 4.69) is 44.5 Å². The lowest BCUT2D eigenvalue weighted by Crippen LogP contribution is -2.41. The number of aromatic nitrogens is 2. The fraction of sp³-hybridized carbons (Fsp3) is 0.471. The highest BCUT2D eigenvalue weighted by Crippen LogP contribution is 2.30. The third kappa shape index (κ3) is 7.92. The first-order chi connectivity index (χ1) is 21.3. The predicted octanol–water partition coefficient (Wildman–Crippen LogP) is 3.91. The van der Waals surface area contributed by atoms with E-state index in [1.165, 1.54) is 17.3 Å². The van der Waals surface area contributed by atoms with E-state index < -0.39 is 6.10 Å². The van der Waals surface area contributed by atoms with Crippen LogP contribution in [0.2, 0.25) is 0 Å². The van der Waals surface area contributed by atoms with Crippen molar-refractivity contribution in [3.8, 4) is 11.5 Å². The molecule has 1 aromatic heterocycles. The van der Waals surface area contributed by atoms with Crippen molar-refractivity contribution in [2.45, 2.75) is 70.2 Å². The van der Waals surface area contributed by atoms with Crippen LogP contribution in [0.4, 0.5) is 5.82 Å². The minimum absolute atomic E-state index is 0.0925. The molecule has 1 aliphatic carbocycles. The van der Waals surface area contributed by atoms with Crippen molar-refractivity contribution < 1.29 is 24.2 Å².